The maximum atomic E-state index is 12.3. The van der Waals surface area contributed by atoms with Gasteiger partial charge in [0.05, 0.1) is 5.01 Å². The third kappa shape index (κ3) is 9.50. The smallest absolute Gasteiger partial charge is 0.410 e. The first-order valence-corrected chi connectivity index (χ1v) is 11.0. The van der Waals surface area contributed by atoms with E-state index in [1.807, 2.05) is 31.9 Å². The van der Waals surface area contributed by atoms with Gasteiger partial charge >= 0.3 is 6.09 Å². The predicted octanol–water partition coefficient (Wildman–Crippen LogP) is 3.68. The Bertz CT molecular complexity index is 660. The van der Waals surface area contributed by atoms with Crippen molar-refractivity contribution in [3.8, 4) is 0 Å². The number of aliphatic imine (C=N–C) groups is 1. The molecule has 0 spiro atoms. The van der Waals surface area contributed by atoms with Gasteiger partial charge in [-0.3, -0.25) is 4.99 Å². The van der Waals surface area contributed by atoms with Crippen molar-refractivity contribution in [3.05, 3.63) is 16.1 Å². The zero-order valence-corrected chi connectivity index (χ0v) is 21.4. The number of hydrogen-bond acceptors (Lipinski definition) is 5. The normalized spacial score (nSPS) is 17.5. The van der Waals surface area contributed by atoms with E-state index in [-0.39, 0.29) is 30.1 Å². The first-order valence-electron chi connectivity index (χ1n) is 10.2. The molecule has 1 unspecified atom stereocenters. The molecule has 0 saturated carbocycles. The fourth-order valence-electron chi connectivity index (χ4n) is 3.10. The highest BCUT2D eigenvalue weighted by atomic mass is 127. The van der Waals surface area contributed by atoms with Gasteiger partial charge in [-0.15, -0.1) is 35.3 Å². The molecule has 166 valence electrons. The molecule has 7 nitrogen and oxygen atoms in total. The monoisotopic (exact) mass is 537 g/mol. The summed E-state index contributed by atoms with van der Waals surface area (Å²) in [7, 11) is 1.78. The first kappa shape index (κ1) is 25.9. The molecule has 1 saturated heterocycles. The fourth-order valence-corrected chi connectivity index (χ4v) is 3.96. The van der Waals surface area contributed by atoms with Crippen molar-refractivity contribution in [2.24, 2.45) is 10.9 Å². The lowest BCUT2D eigenvalue weighted by atomic mass is 9.98. The second-order valence-corrected chi connectivity index (χ2v) is 9.34. The summed E-state index contributed by atoms with van der Waals surface area (Å²) in [5, 5.41) is 7.90. The number of piperidine rings is 1. The number of carbonyl (C=O) groups is 1. The van der Waals surface area contributed by atoms with Crippen molar-refractivity contribution in [1.29, 1.82) is 0 Å². The van der Waals surface area contributed by atoms with Crippen molar-refractivity contribution in [3.63, 3.8) is 0 Å². The molecule has 0 bridgehead atoms. The number of halogens is 1. The lowest BCUT2D eigenvalue weighted by Crippen LogP contribution is -2.47. The summed E-state index contributed by atoms with van der Waals surface area (Å²) >= 11 is 1.77. The van der Waals surface area contributed by atoms with E-state index in [0.717, 1.165) is 62.8 Å². The van der Waals surface area contributed by atoms with Gasteiger partial charge in [0, 0.05) is 50.7 Å². The Morgan fingerprint density at radius 3 is 2.79 bits per heavy atom. The molecule has 1 aromatic heterocycles. The van der Waals surface area contributed by atoms with E-state index in [2.05, 4.69) is 27.5 Å². The van der Waals surface area contributed by atoms with E-state index < -0.39 is 5.60 Å². The van der Waals surface area contributed by atoms with E-state index >= 15 is 0 Å². The van der Waals surface area contributed by atoms with E-state index in [4.69, 9.17) is 4.74 Å². The number of ether oxygens (including phenoxy) is 1. The Balaban J connectivity index is 0.00000420. The van der Waals surface area contributed by atoms with Crippen LogP contribution < -0.4 is 10.6 Å². The first-order chi connectivity index (χ1) is 13.3. The third-order valence-electron chi connectivity index (χ3n) is 4.53. The largest absolute Gasteiger partial charge is 0.444 e. The molecule has 0 aliphatic carbocycles. The number of nitrogens with zero attached hydrogens (tertiary/aromatic N) is 3. The second kappa shape index (κ2) is 12.6. The molecule has 2 heterocycles. The van der Waals surface area contributed by atoms with E-state index in [1.165, 1.54) is 4.88 Å². The summed E-state index contributed by atoms with van der Waals surface area (Å²) in [5.74, 6) is 1.19. The molecule has 0 aromatic carbocycles. The van der Waals surface area contributed by atoms with Gasteiger partial charge in [-0.25, -0.2) is 9.78 Å². The minimum Gasteiger partial charge on any atom is -0.444 e. The number of guanidine groups is 1. The van der Waals surface area contributed by atoms with Crippen molar-refractivity contribution in [2.75, 3.05) is 33.2 Å². The number of aryl methyl sites for hydroxylation is 1. The van der Waals surface area contributed by atoms with Gasteiger partial charge in [-0.1, -0.05) is 6.92 Å². The maximum Gasteiger partial charge on any atom is 0.410 e. The lowest BCUT2D eigenvalue weighted by molar-refractivity contribution is 0.0168. The number of carbonyl (C=O) groups excluding carboxylic acids is 1. The topological polar surface area (TPSA) is 78.9 Å². The average Bonchev–Trinajstić information content (AvgIpc) is 3.11. The summed E-state index contributed by atoms with van der Waals surface area (Å²) < 4.78 is 5.50. The van der Waals surface area contributed by atoms with Crippen LogP contribution in [-0.2, 0) is 17.6 Å². The number of thiazole rings is 1. The number of likely N-dealkylation sites (tertiary alicyclic amines) is 1. The molecule has 2 rings (SSSR count). The van der Waals surface area contributed by atoms with Gasteiger partial charge < -0.3 is 20.3 Å². The molecule has 1 aromatic rings. The average molecular weight is 538 g/mol. The van der Waals surface area contributed by atoms with Gasteiger partial charge in [-0.2, -0.15) is 0 Å². The van der Waals surface area contributed by atoms with Crippen LogP contribution >= 0.6 is 35.3 Å². The Morgan fingerprint density at radius 1 is 1.41 bits per heavy atom. The minimum absolute atomic E-state index is 0. The maximum absolute atomic E-state index is 12.3. The molecular formula is C20H36IN5O2S. The van der Waals surface area contributed by atoms with Crippen LogP contribution in [0.25, 0.3) is 0 Å². The predicted molar refractivity (Wildman–Crippen MR) is 131 cm³/mol. The summed E-state index contributed by atoms with van der Waals surface area (Å²) in [4.78, 5) is 24.2. The standard InChI is InChI=1S/C20H35N5O2S.HI/c1-6-16-13-23-17(28-16)9-10-22-18(21-5)24-12-15-8-7-11-25(14-15)19(26)27-20(2,3)4;/h13,15H,6-12,14H2,1-5H3,(H2,21,22,24);1H. The molecule has 9 heteroatoms. The van der Waals surface area contributed by atoms with Crippen molar-refractivity contribution < 1.29 is 9.53 Å². The summed E-state index contributed by atoms with van der Waals surface area (Å²) in [6.45, 7) is 10.9. The number of hydrogen-bond donors (Lipinski definition) is 2. The van der Waals surface area contributed by atoms with Crippen LogP contribution in [-0.4, -0.2) is 60.8 Å². The van der Waals surface area contributed by atoms with Crippen LogP contribution in [0.3, 0.4) is 0 Å². The van der Waals surface area contributed by atoms with Crippen LogP contribution in [0.1, 0.15) is 50.4 Å². The number of amides is 1. The Kier molecular flexibility index (Phi) is 11.2. The Morgan fingerprint density at radius 2 is 2.17 bits per heavy atom. The van der Waals surface area contributed by atoms with Crippen LogP contribution in [0.5, 0.6) is 0 Å². The molecule has 1 amide bonds. The van der Waals surface area contributed by atoms with Gasteiger partial charge in [0.1, 0.15) is 5.60 Å². The number of nitrogens with one attached hydrogen (secondary N) is 2. The quantitative estimate of drug-likeness (QED) is 0.329. The highest BCUT2D eigenvalue weighted by Crippen LogP contribution is 2.19. The van der Waals surface area contributed by atoms with Gasteiger partial charge in [-0.05, 0) is 46.0 Å². The van der Waals surface area contributed by atoms with Gasteiger partial charge in [0.25, 0.3) is 0 Å². The highest BCUT2D eigenvalue weighted by molar-refractivity contribution is 14.0. The second-order valence-electron chi connectivity index (χ2n) is 8.14. The van der Waals surface area contributed by atoms with E-state index in [1.54, 1.807) is 18.4 Å². The van der Waals surface area contributed by atoms with Crippen LogP contribution in [0, 0.1) is 5.92 Å². The number of aromatic nitrogens is 1. The molecule has 29 heavy (non-hydrogen) atoms. The van der Waals surface area contributed by atoms with Crippen LogP contribution in [0.15, 0.2) is 11.2 Å². The summed E-state index contributed by atoms with van der Waals surface area (Å²) in [6, 6.07) is 0. The molecule has 0 radical (unpaired) electrons. The molecular weight excluding hydrogens is 501 g/mol. The minimum atomic E-state index is -0.455. The summed E-state index contributed by atoms with van der Waals surface area (Å²) in [6.07, 6.45) is 5.78. The summed E-state index contributed by atoms with van der Waals surface area (Å²) in [5.41, 5.74) is -0.455. The van der Waals surface area contributed by atoms with E-state index in [0.29, 0.717) is 5.92 Å². The highest BCUT2D eigenvalue weighted by Gasteiger charge is 2.27. The molecule has 1 aliphatic heterocycles. The van der Waals surface area contributed by atoms with Crippen LogP contribution in [0.4, 0.5) is 4.79 Å². The lowest BCUT2D eigenvalue weighted by Gasteiger charge is -2.34. The van der Waals surface area contributed by atoms with Crippen molar-refractivity contribution in [2.45, 2.75) is 59.0 Å². The fraction of sp³-hybridized carbons (Fsp3) is 0.750. The Hall–Kier alpha value is -1.10. The molecule has 1 aliphatic rings. The number of rotatable bonds is 6. The zero-order valence-electron chi connectivity index (χ0n) is 18.3. The van der Waals surface area contributed by atoms with Crippen molar-refractivity contribution in [1.82, 2.24) is 20.5 Å². The zero-order chi connectivity index (χ0) is 20.6. The van der Waals surface area contributed by atoms with E-state index in [9.17, 15) is 4.79 Å². The third-order valence-corrected chi connectivity index (χ3v) is 5.74. The SMILES string of the molecule is CCc1cnc(CCNC(=NC)NCC2CCCN(C(=O)OC(C)(C)C)C2)s1.I. The van der Waals surface area contributed by atoms with Crippen LogP contribution in [0.2, 0.25) is 0 Å². The van der Waals surface area contributed by atoms with Gasteiger partial charge in [0.2, 0.25) is 0 Å². The molecule has 1 atom stereocenters. The van der Waals surface area contributed by atoms with Crippen molar-refractivity contribution >= 4 is 47.4 Å². The Labute approximate surface area is 196 Å². The molecule has 2 N–H and O–H groups in total. The molecule has 1 fully saturated rings. The van der Waals surface area contributed by atoms with Gasteiger partial charge in [0.15, 0.2) is 5.96 Å².